The van der Waals surface area contributed by atoms with E-state index in [-0.39, 0.29) is 5.69 Å². The predicted molar refractivity (Wildman–Crippen MR) is 105 cm³/mol. The minimum absolute atomic E-state index is 0.0124. The van der Waals surface area contributed by atoms with E-state index in [2.05, 4.69) is 22.2 Å². The Morgan fingerprint density at radius 3 is 2.67 bits per heavy atom. The van der Waals surface area contributed by atoms with Crippen molar-refractivity contribution in [3.63, 3.8) is 0 Å². The fourth-order valence-electron chi connectivity index (χ4n) is 2.89. The van der Waals surface area contributed by atoms with Crippen LogP contribution in [0.5, 0.6) is 0 Å². The summed E-state index contributed by atoms with van der Waals surface area (Å²) in [5, 5.41) is 16.3. The first kappa shape index (κ1) is 16.7. The number of hydrogen-bond acceptors (Lipinski definition) is 4. The number of rotatable bonds is 5. The third-order valence-corrected chi connectivity index (χ3v) is 4.20. The zero-order chi connectivity index (χ0) is 18.6. The number of pyridine rings is 1. The second-order valence-corrected chi connectivity index (χ2v) is 6.13. The first-order valence-corrected chi connectivity index (χ1v) is 8.48. The zero-order valence-corrected chi connectivity index (χ0v) is 14.4. The van der Waals surface area contributed by atoms with Crippen LogP contribution in [0.3, 0.4) is 0 Å². The highest BCUT2D eigenvalue weighted by molar-refractivity contribution is 5.88. The molecular weight excluding hydrogens is 340 g/mol. The van der Waals surface area contributed by atoms with E-state index in [9.17, 15) is 10.1 Å². The number of para-hydroxylation sites is 1. The number of fused-ring (bicyclic) bond motifs is 1. The molecule has 27 heavy (non-hydrogen) atoms. The molecule has 0 aliphatic carbocycles. The summed E-state index contributed by atoms with van der Waals surface area (Å²) in [4.78, 5) is 15.2. The van der Waals surface area contributed by atoms with Gasteiger partial charge in [0.2, 0.25) is 0 Å². The van der Waals surface area contributed by atoms with Gasteiger partial charge in [-0.15, -0.1) is 0 Å². The van der Waals surface area contributed by atoms with Crippen LogP contribution in [-0.4, -0.2) is 19.7 Å². The van der Waals surface area contributed by atoms with E-state index < -0.39 is 4.92 Å². The molecule has 4 rings (SSSR count). The summed E-state index contributed by atoms with van der Waals surface area (Å²) in [7, 11) is 0. The molecule has 2 heterocycles. The van der Waals surface area contributed by atoms with Gasteiger partial charge in [-0.25, -0.2) is 4.98 Å². The number of benzene rings is 2. The fraction of sp³-hybridized carbons (Fsp3) is 0.0476. The maximum absolute atomic E-state index is 11.2. The van der Waals surface area contributed by atoms with Crippen molar-refractivity contribution in [1.29, 1.82) is 0 Å². The van der Waals surface area contributed by atoms with Crippen LogP contribution >= 0.6 is 0 Å². The second-order valence-electron chi connectivity index (χ2n) is 6.13. The van der Waals surface area contributed by atoms with Crippen molar-refractivity contribution < 1.29 is 4.92 Å². The van der Waals surface area contributed by atoms with Gasteiger partial charge < -0.3 is 0 Å². The van der Waals surface area contributed by atoms with Crippen molar-refractivity contribution in [2.75, 3.05) is 0 Å². The Morgan fingerprint density at radius 2 is 1.85 bits per heavy atom. The van der Waals surface area contributed by atoms with Crippen LogP contribution in [0.25, 0.3) is 23.1 Å². The first-order chi connectivity index (χ1) is 13.2. The molecule has 0 atom stereocenters. The smallest absolute Gasteiger partial charge is 0.268 e. The SMILES string of the molecule is O=[N+]([O-])c1cccc2ccc(/C=C\c3cnn(Cc4ccccc4)c3)nc12. The normalized spacial score (nSPS) is 11.3. The Labute approximate surface area is 155 Å². The molecule has 2 aromatic heterocycles. The largest absolute Gasteiger partial charge is 0.295 e. The zero-order valence-electron chi connectivity index (χ0n) is 14.4. The van der Waals surface area contributed by atoms with Gasteiger partial charge in [-0.1, -0.05) is 48.5 Å². The van der Waals surface area contributed by atoms with Crippen LogP contribution in [0, 0.1) is 10.1 Å². The molecular formula is C21H16N4O2. The van der Waals surface area contributed by atoms with E-state index in [0.717, 1.165) is 10.9 Å². The molecule has 0 bridgehead atoms. The topological polar surface area (TPSA) is 73.8 Å². The second kappa shape index (κ2) is 7.21. The summed E-state index contributed by atoms with van der Waals surface area (Å²) in [5.74, 6) is 0. The van der Waals surface area contributed by atoms with Crippen molar-refractivity contribution in [3.8, 4) is 0 Å². The monoisotopic (exact) mass is 356 g/mol. The van der Waals surface area contributed by atoms with Gasteiger partial charge >= 0.3 is 0 Å². The molecule has 0 radical (unpaired) electrons. The summed E-state index contributed by atoms with van der Waals surface area (Å²) in [6, 6.07) is 18.7. The van der Waals surface area contributed by atoms with E-state index in [1.165, 1.54) is 11.6 Å². The summed E-state index contributed by atoms with van der Waals surface area (Å²) in [6.07, 6.45) is 7.47. The van der Waals surface area contributed by atoms with Gasteiger partial charge in [-0.2, -0.15) is 5.10 Å². The minimum atomic E-state index is -0.406. The molecule has 0 N–H and O–H groups in total. The molecule has 0 aliphatic rings. The molecule has 6 heteroatoms. The number of nitrogens with zero attached hydrogens (tertiary/aromatic N) is 4. The molecule has 0 amide bonds. The number of aromatic nitrogens is 3. The summed E-state index contributed by atoms with van der Waals surface area (Å²) < 4.78 is 1.87. The van der Waals surface area contributed by atoms with Crippen LogP contribution < -0.4 is 0 Å². The number of hydrogen-bond donors (Lipinski definition) is 0. The van der Waals surface area contributed by atoms with E-state index >= 15 is 0 Å². The lowest BCUT2D eigenvalue weighted by molar-refractivity contribution is -0.383. The Balaban J connectivity index is 1.56. The summed E-state index contributed by atoms with van der Waals surface area (Å²) >= 11 is 0. The van der Waals surface area contributed by atoms with Gasteiger partial charge in [0, 0.05) is 23.2 Å². The molecule has 6 nitrogen and oxygen atoms in total. The van der Waals surface area contributed by atoms with E-state index in [1.54, 1.807) is 12.3 Å². The van der Waals surface area contributed by atoms with Gasteiger partial charge in [-0.05, 0) is 23.8 Å². The van der Waals surface area contributed by atoms with Gasteiger partial charge in [0.25, 0.3) is 5.69 Å². The number of non-ortho nitro benzene ring substituents is 1. The Kier molecular flexibility index (Phi) is 4.45. The summed E-state index contributed by atoms with van der Waals surface area (Å²) in [6.45, 7) is 0.703. The van der Waals surface area contributed by atoms with Crippen LogP contribution in [-0.2, 0) is 6.54 Å². The molecule has 0 saturated carbocycles. The van der Waals surface area contributed by atoms with Crippen molar-refractivity contribution in [2.24, 2.45) is 0 Å². The Bertz CT molecular complexity index is 1130. The highest BCUT2D eigenvalue weighted by atomic mass is 16.6. The molecule has 4 aromatic rings. The predicted octanol–water partition coefficient (Wildman–Crippen LogP) is 4.56. The number of nitro groups is 1. The van der Waals surface area contributed by atoms with Crippen LogP contribution in [0.4, 0.5) is 5.69 Å². The van der Waals surface area contributed by atoms with Gasteiger partial charge in [-0.3, -0.25) is 14.8 Å². The van der Waals surface area contributed by atoms with Crippen LogP contribution in [0.2, 0.25) is 0 Å². The van der Waals surface area contributed by atoms with Gasteiger partial charge in [0.05, 0.1) is 23.4 Å². The molecule has 0 saturated heterocycles. The quantitative estimate of drug-likeness (QED) is 0.388. The van der Waals surface area contributed by atoms with Crippen molar-refractivity contribution in [3.05, 3.63) is 100.0 Å². The third-order valence-electron chi connectivity index (χ3n) is 4.20. The first-order valence-electron chi connectivity index (χ1n) is 8.48. The third kappa shape index (κ3) is 3.74. The molecule has 0 spiro atoms. The van der Waals surface area contributed by atoms with Crippen LogP contribution in [0.1, 0.15) is 16.8 Å². The van der Waals surface area contributed by atoms with E-state index in [4.69, 9.17) is 0 Å². The average molecular weight is 356 g/mol. The molecule has 0 unspecified atom stereocenters. The lowest BCUT2D eigenvalue weighted by Crippen LogP contribution is -1.99. The Morgan fingerprint density at radius 1 is 1.00 bits per heavy atom. The fourth-order valence-corrected chi connectivity index (χ4v) is 2.89. The standard InChI is InChI=1S/C21H16N4O2/c26-25(27)20-8-4-7-18-10-12-19(23-21(18)20)11-9-17-13-22-24(15-17)14-16-5-2-1-3-6-16/h1-13,15H,14H2/b11-9-. The van der Waals surface area contributed by atoms with Gasteiger partial charge in [0.1, 0.15) is 5.52 Å². The van der Waals surface area contributed by atoms with E-state index in [0.29, 0.717) is 17.8 Å². The maximum atomic E-state index is 11.2. The highest BCUT2D eigenvalue weighted by Gasteiger charge is 2.12. The molecule has 2 aromatic carbocycles. The molecule has 0 aliphatic heterocycles. The maximum Gasteiger partial charge on any atom is 0.295 e. The average Bonchev–Trinajstić information content (AvgIpc) is 3.13. The van der Waals surface area contributed by atoms with Crippen molar-refractivity contribution >= 4 is 28.7 Å². The minimum Gasteiger partial charge on any atom is -0.268 e. The van der Waals surface area contributed by atoms with Gasteiger partial charge in [0.15, 0.2) is 0 Å². The summed E-state index contributed by atoms with van der Waals surface area (Å²) in [5.41, 5.74) is 3.19. The lowest BCUT2D eigenvalue weighted by Gasteiger charge is -2.00. The molecule has 132 valence electrons. The Hall–Kier alpha value is -3.80. The van der Waals surface area contributed by atoms with E-state index in [1.807, 2.05) is 59.4 Å². The molecule has 0 fully saturated rings. The number of nitro benzene ring substituents is 1. The highest BCUT2D eigenvalue weighted by Crippen LogP contribution is 2.24. The van der Waals surface area contributed by atoms with Crippen molar-refractivity contribution in [2.45, 2.75) is 6.54 Å². The lowest BCUT2D eigenvalue weighted by atomic mass is 10.1. The van der Waals surface area contributed by atoms with Crippen LogP contribution in [0.15, 0.2) is 73.1 Å². The van der Waals surface area contributed by atoms with Crippen molar-refractivity contribution in [1.82, 2.24) is 14.8 Å².